The van der Waals surface area contributed by atoms with E-state index in [-0.39, 0.29) is 6.04 Å². The van der Waals surface area contributed by atoms with Gasteiger partial charge in [-0.3, -0.25) is 0 Å². The zero-order chi connectivity index (χ0) is 13.7. The van der Waals surface area contributed by atoms with E-state index in [0.29, 0.717) is 18.1 Å². The van der Waals surface area contributed by atoms with E-state index in [1.165, 1.54) is 0 Å². The molecule has 2 amide bonds. The van der Waals surface area contributed by atoms with Crippen molar-refractivity contribution in [3.05, 3.63) is 35.7 Å². The molecule has 1 unspecified atom stereocenters. The van der Waals surface area contributed by atoms with Crippen LogP contribution in [0.15, 0.2) is 24.3 Å². The number of anilines is 1. The summed E-state index contributed by atoms with van der Waals surface area (Å²) >= 11 is 0. The van der Waals surface area contributed by atoms with Crippen LogP contribution in [0.4, 0.5) is 10.5 Å². The summed E-state index contributed by atoms with van der Waals surface area (Å²) in [4.78, 5) is 10.7. The highest BCUT2D eigenvalue weighted by Gasteiger charge is 2.06. The average molecular weight is 261 g/mol. The summed E-state index contributed by atoms with van der Waals surface area (Å²) in [6, 6.07) is 6.98. The second kappa shape index (κ2) is 5.91. The smallest absolute Gasteiger partial charge is 0.316 e. The zero-order valence-corrected chi connectivity index (χ0v) is 10.4. The van der Waals surface area contributed by atoms with Crippen molar-refractivity contribution in [2.24, 2.45) is 5.73 Å². The molecule has 0 spiro atoms. The summed E-state index contributed by atoms with van der Waals surface area (Å²) < 4.78 is 0. The van der Waals surface area contributed by atoms with Gasteiger partial charge >= 0.3 is 6.03 Å². The fraction of sp³-hybridized carbons (Fsp3) is 0.273. The van der Waals surface area contributed by atoms with Crippen molar-refractivity contribution in [3.63, 3.8) is 0 Å². The lowest BCUT2D eigenvalue weighted by Crippen LogP contribution is -2.20. The molecule has 1 aromatic carbocycles. The van der Waals surface area contributed by atoms with Gasteiger partial charge < -0.3 is 16.4 Å². The number of benzene rings is 1. The van der Waals surface area contributed by atoms with Crippen LogP contribution in [-0.2, 0) is 6.54 Å². The number of hydrogen-bond donors (Lipinski definition) is 4. The zero-order valence-electron chi connectivity index (χ0n) is 10.4. The number of aromatic amines is 1. The van der Waals surface area contributed by atoms with Gasteiger partial charge in [0.15, 0.2) is 5.82 Å². The molecular formula is C11H15N7O. The normalized spacial score (nSPS) is 12.1. The number of aromatic nitrogens is 4. The Hall–Kier alpha value is -2.48. The summed E-state index contributed by atoms with van der Waals surface area (Å²) in [5, 5.41) is 19.4. The van der Waals surface area contributed by atoms with Gasteiger partial charge in [-0.2, -0.15) is 5.21 Å². The first-order valence-electron chi connectivity index (χ1n) is 5.77. The number of urea groups is 1. The maximum atomic E-state index is 10.7. The first kappa shape index (κ1) is 13.0. The second-order valence-electron chi connectivity index (χ2n) is 4.04. The number of nitrogens with two attached hydrogens (primary N) is 1. The van der Waals surface area contributed by atoms with Gasteiger partial charge in [0, 0.05) is 11.7 Å². The van der Waals surface area contributed by atoms with E-state index in [1.807, 2.05) is 19.1 Å². The molecule has 0 saturated heterocycles. The van der Waals surface area contributed by atoms with E-state index in [4.69, 9.17) is 5.73 Å². The Kier molecular flexibility index (Phi) is 4.04. The van der Waals surface area contributed by atoms with Crippen LogP contribution >= 0.6 is 0 Å². The fourth-order valence-electron chi connectivity index (χ4n) is 1.62. The fourth-order valence-corrected chi connectivity index (χ4v) is 1.62. The molecule has 100 valence electrons. The van der Waals surface area contributed by atoms with Crippen LogP contribution in [0.2, 0.25) is 0 Å². The molecule has 0 saturated carbocycles. The molecule has 0 radical (unpaired) electrons. The standard InChI is InChI=1S/C11H15N7O/c1-7(13-6-10-15-17-18-16-10)8-2-4-9(5-3-8)14-11(12)19/h2-5,7,13H,6H2,1H3,(H3,12,14,19)(H,15,16,17,18). The minimum atomic E-state index is -0.573. The van der Waals surface area contributed by atoms with Gasteiger partial charge in [0.2, 0.25) is 0 Å². The number of tetrazole rings is 1. The molecule has 0 fully saturated rings. The molecule has 2 aromatic rings. The average Bonchev–Trinajstić information content (AvgIpc) is 2.89. The van der Waals surface area contributed by atoms with Crippen LogP contribution in [0, 0.1) is 0 Å². The number of amides is 2. The van der Waals surface area contributed by atoms with Crippen LogP contribution in [0.25, 0.3) is 0 Å². The van der Waals surface area contributed by atoms with Crippen molar-refractivity contribution < 1.29 is 4.79 Å². The molecular weight excluding hydrogens is 246 g/mol. The minimum absolute atomic E-state index is 0.126. The molecule has 8 heteroatoms. The van der Waals surface area contributed by atoms with Gasteiger partial charge in [-0.1, -0.05) is 17.3 Å². The summed E-state index contributed by atoms with van der Waals surface area (Å²) in [7, 11) is 0. The first-order chi connectivity index (χ1) is 9.15. The van der Waals surface area contributed by atoms with Crippen molar-refractivity contribution in [2.75, 3.05) is 5.32 Å². The van der Waals surface area contributed by atoms with Crippen LogP contribution < -0.4 is 16.4 Å². The Morgan fingerprint density at radius 1 is 1.42 bits per heavy atom. The third kappa shape index (κ3) is 3.75. The molecule has 1 heterocycles. The topological polar surface area (TPSA) is 122 Å². The molecule has 0 aliphatic heterocycles. The van der Waals surface area contributed by atoms with Gasteiger partial charge in [-0.05, 0) is 24.6 Å². The number of carbonyl (C=O) groups excluding carboxylic acids is 1. The van der Waals surface area contributed by atoms with Crippen molar-refractivity contribution in [3.8, 4) is 0 Å². The first-order valence-corrected chi connectivity index (χ1v) is 5.77. The molecule has 2 rings (SSSR count). The van der Waals surface area contributed by atoms with Crippen molar-refractivity contribution >= 4 is 11.7 Å². The molecule has 0 aliphatic carbocycles. The van der Waals surface area contributed by atoms with Gasteiger partial charge in [-0.15, -0.1) is 10.2 Å². The van der Waals surface area contributed by atoms with Gasteiger partial charge in [0.05, 0.1) is 6.54 Å². The highest BCUT2D eigenvalue weighted by Crippen LogP contribution is 2.16. The summed E-state index contributed by atoms with van der Waals surface area (Å²) in [5.41, 5.74) is 6.79. The maximum Gasteiger partial charge on any atom is 0.316 e. The molecule has 19 heavy (non-hydrogen) atoms. The van der Waals surface area contributed by atoms with Crippen LogP contribution in [0.3, 0.4) is 0 Å². The van der Waals surface area contributed by atoms with E-state index in [2.05, 4.69) is 31.3 Å². The number of hydrogen-bond acceptors (Lipinski definition) is 5. The molecule has 8 nitrogen and oxygen atoms in total. The highest BCUT2D eigenvalue weighted by molar-refractivity contribution is 5.87. The predicted octanol–water partition coefficient (Wildman–Crippen LogP) is 0.541. The highest BCUT2D eigenvalue weighted by atomic mass is 16.2. The number of rotatable bonds is 5. The number of nitrogens with zero attached hydrogens (tertiary/aromatic N) is 3. The lowest BCUT2D eigenvalue weighted by atomic mass is 10.1. The molecule has 5 N–H and O–H groups in total. The van der Waals surface area contributed by atoms with E-state index in [1.54, 1.807) is 12.1 Å². The third-order valence-corrected chi connectivity index (χ3v) is 2.63. The Labute approximate surface area is 109 Å². The molecule has 0 bridgehead atoms. The van der Waals surface area contributed by atoms with Crippen LogP contribution in [-0.4, -0.2) is 26.7 Å². The van der Waals surface area contributed by atoms with Crippen molar-refractivity contribution in [2.45, 2.75) is 19.5 Å². The summed E-state index contributed by atoms with van der Waals surface area (Å²) in [5.74, 6) is 0.610. The number of carbonyl (C=O) groups is 1. The summed E-state index contributed by atoms with van der Waals surface area (Å²) in [6.07, 6.45) is 0. The number of nitrogens with one attached hydrogen (secondary N) is 3. The van der Waals surface area contributed by atoms with Crippen molar-refractivity contribution in [1.29, 1.82) is 0 Å². The lowest BCUT2D eigenvalue weighted by molar-refractivity contribution is 0.259. The maximum absolute atomic E-state index is 10.7. The van der Waals surface area contributed by atoms with Crippen LogP contribution in [0.1, 0.15) is 24.4 Å². The van der Waals surface area contributed by atoms with Gasteiger partial charge in [0.25, 0.3) is 0 Å². The largest absolute Gasteiger partial charge is 0.351 e. The number of primary amides is 1. The van der Waals surface area contributed by atoms with E-state index >= 15 is 0 Å². The Morgan fingerprint density at radius 2 is 2.16 bits per heavy atom. The third-order valence-electron chi connectivity index (χ3n) is 2.63. The molecule has 0 aliphatic rings. The van der Waals surface area contributed by atoms with Crippen molar-refractivity contribution in [1.82, 2.24) is 25.9 Å². The van der Waals surface area contributed by atoms with Crippen LogP contribution in [0.5, 0.6) is 0 Å². The van der Waals surface area contributed by atoms with E-state index in [0.717, 1.165) is 5.56 Å². The molecule has 1 aromatic heterocycles. The second-order valence-corrected chi connectivity index (χ2v) is 4.04. The monoisotopic (exact) mass is 261 g/mol. The lowest BCUT2D eigenvalue weighted by Gasteiger charge is -2.13. The van der Waals surface area contributed by atoms with E-state index in [9.17, 15) is 4.79 Å². The molecule has 1 atom stereocenters. The summed E-state index contributed by atoms with van der Waals surface area (Å²) in [6.45, 7) is 2.55. The predicted molar refractivity (Wildman–Crippen MR) is 69.1 cm³/mol. The minimum Gasteiger partial charge on any atom is -0.351 e. The SMILES string of the molecule is CC(NCc1nn[nH]n1)c1ccc(NC(N)=O)cc1. The Morgan fingerprint density at radius 3 is 2.74 bits per heavy atom. The Bertz CT molecular complexity index is 522. The van der Waals surface area contributed by atoms with E-state index < -0.39 is 6.03 Å². The number of H-pyrrole nitrogens is 1. The Balaban J connectivity index is 1.91. The quantitative estimate of drug-likeness (QED) is 0.625. The van der Waals surface area contributed by atoms with Gasteiger partial charge in [0.1, 0.15) is 0 Å². The van der Waals surface area contributed by atoms with Gasteiger partial charge in [-0.25, -0.2) is 4.79 Å².